The maximum atomic E-state index is 12.6. The van der Waals surface area contributed by atoms with Gasteiger partial charge in [-0.15, -0.1) is 11.6 Å². The van der Waals surface area contributed by atoms with Crippen molar-refractivity contribution in [3.63, 3.8) is 0 Å². The van der Waals surface area contributed by atoms with Crippen LogP contribution >= 0.6 is 11.6 Å². The number of pyridine rings is 1. The van der Waals surface area contributed by atoms with Gasteiger partial charge in [-0.05, 0) is 5.56 Å². The Balaban J connectivity index is 3.56. The van der Waals surface area contributed by atoms with Crippen LogP contribution in [0.5, 0.6) is 0 Å². The van der Waals surface area contributed by atoms with E-state index in [1.165, 1.54) is 0 Å². The lowest BCUT2D eigenvalue weighted by Gasteiger charge is -2.16. The Morgan fingerprint density at radius 2 is 1.94 bits per heavy atom. The van der Waals surface area contributed by atoms with Gasteiger partial charge in [0, 0.05) is 12.1 Å². The molecule has 2 nitrogen and oxygen atoms in total. The summed E-state index contributed by atoms with van der Waals surface area (Å²) in [7, 11) is 0. The molecule has 0 spiro atoms. The molecule has 0 saturated heterocycles. The Bertz CT molecular complexity index is 391. The number of halogens is 6. The molecule has 0 bridgehead atoms. The van der Waals surface area contributed by atoms with Crippen LogP contribution < -0.4 is 5.73 Å². The van der Waals surface area contributed by atoms with Crippen molar-refractivity contribution in [3.05, 3.63) is 22.9 Å². The number of nitrogen functional groups attached to an aromatic ring is 1. The second-order valence-electron chi connectivity index (χ2n) is 2.89. The van der Waals surface area contributed by atoms with E-state index in [0.29, 0.717) is 0 Å². The van der Waals surface area contributed by atoms with Crippen LogP contribution in [0.4, 0.5) is 27.8 Å². The highest BCUT2D eigenvalue weighted by Crippen LogP contribution is 2.40. The average molecular weight is 261 g/mol. The van der Waals surface area contributed by atoms with Crippen molar-refractivity contribution in [2.24, 2.45) is 0 Å². The third kappa shape index (κ3) is 2.34. The summed E-state index contributed by atoms with van der Waals surface area (Å²) in [6.07, 6.45) is -7.54. The van der Waals surface area contributed by atoms with Crippen LogP contribution in [-0.2, 0) is 12.1 Å². The van der Waals surface area contributed by atoms with E-state index in [1.54, 1.807) is 0 Å². The Hall–Kier alpha value is -1.11. The molecule has 1 aromatic rings. The number of hydrogen-bond donors (Lipinski definition) is 1. The average Bonchev–Trinajstić information content (AvgIpc) is 2.15. The van der Waals surface area contributed by atoms with Gasteiger partial charge in [0.1, 0.15) is 5.82 Å². The molecule has 1 aromatic heterocycles. The Kier molecular flexibility index (Phi) is 3.57. The van der Waals surface area contributed by atoms with E-state index in [1.807, 2.05) is 0 Å². The zero-order valence-corrected chi connectivity index (χ0v) is 8.41. The first-order chi connectivity index (χ1) is 7.29. The van der Waals surface area contributed by atoms with Crippen molar-refractivity contribution in [1.82, 2.24) is 4.98 Å². The fourth-order valence-corrected chi connectivity index (χ4v) is 1.44. The van der Waals surface area contributed by atoms with Gasteiger partial charge in [0.2, 0.25) is 0 Å². The van der Waals surface area contributed by atoms with Crippen molar-refractivity contribution in [3.8, 4) is 0 Å². The third-order valence-corrected chi connectivity index (χ3v) is 2.16. The summed E-state index contributed by atoms with van der Waals surface area (Å²) >= 11 is 5.24. The summed E-state index contributed by atoms with van der Waals surface area (Å²) in [5.41, 5.74) is 1.68. The van der Waals surface area contributed by atoms with Crippen LogP contribution in [0.25, 0.3) is 0 Å². The molecule has 0 aliphatic heterocycles. The second-order valence-corrected chi connectivity index (χ2v) is 3.16. The normalized spacial score (nSPS) is 12.2. The minimum Gasteiger partial charge on any atom is -0.383 e. The van der Waals surface area contributed by atoms with Crippen LogP contribution in [-0.4, -0.2) is 4.98 Å². The molecule has 0 aliphatic rings. The van der Waals surface area contributed by atoms with E-state index < -0.39 is 41.0 Å². The highest BCUT2D eigenvalue weighted by molar-refractivity contribution is 6.17. The van der Waals surface area contributed by atoms with E-state index in [4.69, 9.17) is 17.3 Å². The summed E-state index contributed by atoms with van der Waals surface area (Å²) < 4.78 is 62.6. The van der Waals surface area contributed by atoms with Crippen LogP contribution in [0.3, 0.4) is 0 Å². The van der Waals surface area contributed by atoms with Gasteiger partial charge in [-0.25, -0.2) is 13.8 Å². The molecule has 0 atom stereocenters. The van der Waals surface area contributed by atoms with Crippen LogP contribution in [0.2, 0.25) is 0 Å². The Labute approximate surface area is 92.2 Å². The standard InChI is InChI=1S/C8H6ClF5N2/c9-1-3-2-16-7(15)4(6(10)11)5(3)8(12,13)14/h2,6H,1H2,(H2,15,16). The van der Waals surface area contributed by atoms with Gasteiger partial charge >= 0.3 is 6.18 Å². The van der Waals surface area contributed by atoms with Crippen molar-refractivity contribution in [2.45, 2.75) is 18.5 Å². The topological polar surface area (TPSA) is 38.9 Å². The highest BCUT2D eigenvalue weighted by atomic mass is 35.5. The molecule has 1 heterocycles. The minimum absolute atomic E-state index is 0.515. The molecule has 2 N–H and O–H groups in total. The zero-order valence-electron chi connectivity index (χ0n) is 7.65. The largest absolute Gasteiger partial charge is 0.417 e. The molecule has 0 fully saturated rings. The van der Waals surface area contributed by atoms with Crippen molar-refractivity contribution in [1.29, 1.82) is 0 Å². The molecule has 0 radical (unpaired) electrons. The smallest absolute Gasteiger partial charge is 0.383 e. The first kappa shape index (κ1) is 13.0. The van der Waals surface area contributed by atoms with Gasteiger partial charge < -0.3 is 5.73 Å². The first-order valence-corrected chi connectivity index (χ1v) is 4.51. The number of nitrogens with two attached hydrogens (primary N) is 1. The summed E-state index contributed by atoms with van der Waals surface area (Å²) in [5.74, 6) is -1.40. The molecule has 0 aromatic carbocycles. The minimum atomic E-state index is -4.94. The summed E-state index contributed by atoms with van der Waals surface area (Å²) in [6, 6.07) is 0. The van der Waals surface area contributed by atoms with Gasteiger partial charge in [-0.3, -0.25) is 0 Å². The summed E-state index contributed by atoms with van der Waals surface area (Å²) in [6.45, 7) is 0. The van der Waals surface area contributed by atoms with Crippen molar-refractivity contribution < 1.29 is 22.0 Å². The molecule has 0 unspecified atom stereocenters. The molecule has 8 heteroatoms. The number of aromatic nitrogens is 1. The predicted molar refractivity (Wildman–Crippen MR) is 48.2 cm³/mol. The van der Waals surface area contributed by atoms with Crippen LogP contribution in [0.1, 0.15) is 23.1 Å². The monoisotopic (exact) mass is 260 g/mol. The molecule has 0 saturated carbocycles. The molecule has 0 aliphatic carbocycles. The number of hydrogen-bond acceptors (Lipinski definition) is 2. The molecule has 0 amide bonds. The number of alkyl halides is 6. The maximum Gasteiger partial charge on any atom is 0.417 e. The summed E-state index contributed by atoms with van der Waals surface area (Å²) in [4.78, 5) is 3.26. The van der Waals surface area contributed by atoms with Gasteiger partial charge in [0.15, 0.2) is 0 Å². The van der Waals surface area contributed by atoms with Crippen LogP contribution in [0.15, 0.2) is 6.20 Å². The Morgan fingerprint density at radius 3 is 2.31 bits per heavy atom. The van der Waals surface area contributed by atoms with E-state index in [-0.39, 0.29) is 0 Å². The molecular formula is C8H6ClF5N2. The maximum absolute atomic E-state index is 12.6. The lowest BCUT2D eigenvalue weighted by Crippen LogP contribution is -2.16. The zero-order chi connectivity index (χ0) is 12.5. The van der Waals surface area contributed by atoms with Crippen molar-refractivity contribution in [2.75, 3.05) is 5.73 Å². The molecule has 1 rings (SSSR count). The van der Waals surface area contributed by atoms with Gasteiger partial charge in [-0.1, -0.05) is 0 Å². The highest BCUT2D eigenvalue weighted by Gasteiger charge is 2.39. The molecular weight excluding hydrogens is 255 g/mol. The summed E-state index contributed by atoms with van der Waals surface area (Å²) in [5, 5.41) is 0. The number of rotatable bonds is 2. The van der Waals surface area contributed by atoms with E-state index in [2.05, 4.69) is 4.98 Å². The SMILES string of the molecule is Nc1ncc(CCl)c(C(F)(F)F)c1C(F)F. The lowest BCUT2D eigenvalue weighted by atomic mass is 10.0. The van der Waals surface area contributed by atoms with Gasteiger partial charge in [0.25, 0.3) is 6.43 Å². The Morgan fingerprint density at radius 1 is 1.38 bits per heavy atom. The first-order valence-electron chi connectivity index (χ1n) is 3.97. The molecule has 90 valence electrons. The number of anilines is 1. The fraction of sp³-hybridized carbons (Fsp3) is 0.375. The van der Waals surface area contributed by atoms with Gasteiger partial charge in [0.05, 0.1) is 11.1 Å². The van der Waals surface area contributed by atoms with Crippen LogP contribution in [0, 0.1) is 0 Å². The van der Waals surface area contributed by atoms with E-state index in [9.17, 15) is 22.0 Å². The molecule has 16 heavy (non-hydrogen) atoms. The third-order valence-electron chi connectivity index (χ3n) is 1.87. The van der Waals surface area contributed by atoms with Gasteiger partial charge in [-0.2, -0.15) is 13.2 Å². The number of nitrogens with zero attached hydrogens (tertiary/aromatic N) is 1. The second kappa shape index (κ2) is 4.40. The fourth-order valence-electron chi connectivity index (χ4n) is 1.24. The lowest BCUT2D eigenvalue weighted by molar-refractivity contribution is -0.140. The van der Waals surface area contributed by atoms with Crippen molar-refractivity contribution >= 4 is 17.4 Å². The quantitative estimate of drug-likeness (QED) is 0.654. The van der Waals surface area contributed by atoms with E-state index in [0.717, 1.165) is 6.20 Å². The predicted octanol–water partition coefficient (Wildman–Crippen LogP) is 3.36. The van der Waals surface area contributed by atoms with E-state index >= 15 is 0 Å².